The standard InChI is InChI=1S/C10H13N3O/c14-8-7-13-6-5-12-10(13)9-1-3-11-4-2-9/h1-4,14H,5-8H2. The lowest BCUT2D eigenvalue weighted by Crippen LogP contribution is -2.31. The Hall–Kier alpha value is -1.42. The molecule has 0 saturated heterocycles. The highest BCUT2D eigenvalue weighted by Crippen LogP contribution is 2.09. The molecule has 0 unspecified atom stereocenters. The topological polar surface area (TPSA) is 48.7 Å². The molecular weight excluding hydrogens is 178 g/mol. The fourth-order valence-electron chi connectivity index (χ4n) is 1.60. The molecule has 2 rings (SSSR count). The van der Waals surface area contributed by atoms with Crippen LogP contribution in [0.4, 0.5) is 0 Å². The number of aromatic nitrogens is 1. The summed E-state index contributed by atoms with van der Waals surface area (Å²) in [5, 5.41) is 8.88. The molecule has 0 radical (unpaired) electrons. The van der Waals surface area contributed by atoms with Crippen molar-refractivity contribution in [2.45, 2.75) is 0 Å². The molecule has 0 saturated carbocycles. The van der Waals surface area contributed by atoms with Crippen LogP contribution >= 0.6 is 0 Å². The van der Waals surface area contributed by atoms with Crippen molar-refractivity contribution in [1.82, 2.24) is 9.88 Å². The quantitative estimate of drug-likeness (QED) is 0.739. The van der Waals surface area contributed by atoms with Crippen molar-refractivity contribution < 1.29 is 5.11 Å². The van der Waals surface area contributed by atoms with Gasteiger partial charge in [0.15, 0.2) is 0 Å². The highest BCUT2D eigenvalue weighted by molar-refractivity contribution is 5.99. The number of aliphatic hydroxyl groups is 1. The summed E-state index contributed by atoms with van der Waals surface area (Å²) in [6.45, 7) is 2.54. The zero-order valence-electron chi connectivity index (χ0n) is 7.93. The first-order valence-electron chi connectivity index (χ1n) is 4.72. The minimum absolute atomic E-state index is 0.171. The van der Waals surface area contributed by atoms with Crippen LogP contribution in [0.1, 0.15) is 5.56 Å². The number of pyridine rings is 1. The molecule has 0 aliphatic carbocycles. The molecule has 1 aliphatic rings. The van der Waals surface area contributed by atoms with Gasteiger partial charge in [0.1, 0.15) is 5.84 Å². The number of nitrogens with zero attached hydrogens (tertiary/aromatic N) is 3. The molecule has 0 amide bonds. The van der Waals surface area contributed by atoms with Gasteiger partial charge in [-0.05, 0) is 12.1 Å². The molecule has 0 bridgehead atoms. The van der Waals surface area contributed by atoms with Crippen molar-refractivity contribution in [2.24, 2.45) is 4.99 Å². The van der Waals surface area contributed by atoms with E-state index in [2.05, 4.69) is 14.9 Å². The van der Waals surface area contributed by atoms with Crippen LogP contribution in [-0.2, 0) is 0 Å². The van der Waals surface area contributed by atoms with Gasteiger partial charge in [-0.25, -0.2) is 0 Å². The first-order valence-corrected chi connectivity index (χ1v) is 4.72. The first kappa shape index (κ1) is 9.15. The molecule has 0 aromatic carbocycles. The molecule has 1 N–H and O–H groups in total. The highest BCUT2D eigenvalue weighted by atomic mass is 16.3. The van der Waals surface area contributed by atoms with Crippen LogP contribution in [-0.4, -0.2) is 47.1 Å². The lowest BCUT2D eigenvalue weighted by molar-refractivity contribution is 0.256. The number of rotatable bonds is 3. The van der Waals surface area contributed by atoms with Gasteiger partial charge in [-0.1, -0.05) is 0 Å². The van der Waals surface area contributed by atoms with Gasteiger partial charge in [-0.15, -0.1) is 0 Å². The Morgan fingerprint density at radius 3 is 2.86 bits per heavy atom. The zero-order chi connectivity index (χ0) is 9.80. The Kier molecular flexibility index (Phi) is 2.74. The minimum Gasteiger partial charge on any atom is -0.395 e. The molecule has 0 atom stereocenters. The van der Waals surface area contributed by atoms with Crippen LogP contribution < -0.4 is 0 Å². The van der Waals surface area contributed by atoms with Gasteiger partial charge in [-0.3, -0.25) is 9.98 Å². The van der Waals surface area contributed by atoms with Gasteiger partial charge >= 0.3 is 0 Å². The summed E-state index contributed by atoms with van der Waals surface area (Å²) in [6, 6.07) is 3.88. The summed E-state index contributed by atoms with van der Waals surface area (Å²) in [5.41, 5.74) is 1.07. The molecule has 0 spiro atoms. The molecule has 1 aromatic rings. The molecule has 4 heteroatoms. The van der Waals surface area contributed by atoms with Crippen molar-refractivity contribution in [3.63, 3.8) is 0 Å². The molecule has 14 heavy (non-hydrogen) atoms. The molecule has 1 aromatic heterocycles. The van der Waals surface area contributed by atoms with Gasteiger partial charge in [0.05, 0.1) is 13.2 Å². The summed E-state index contributed by atoms with van der Waals surface area (Å²) >= 11 is 0. The van der Waals surface area contributed by atoms with Crippen molar-refractivity contribution >= 4 is 5.84 Å². The van der Waals surface area contributed by atoms with Crippen LogP contribution in [0.25, 0.3) is 0 Å². The van der Waals surface area contributed by atoms with Crippen molar-refractivity contribution in [3.05, 3.63) is 30.1 Å². The van der Waals surface area contributed by atoms with E-state index in [1.54, 1.807) is 12.4 Å². The maximum Gasteiger partial charge on any atom is 0.131 e. The molecule has 4 nitrogen and oxygen atoms in total. The van der Waals surface area contributed by atoms with E-state index in [1.807, 2.05) is 12.1 Å². The Labute approximate surface area is 82.9 Å². The fourth-order valence-corrected chi connectivity index (χ4v) is 1.60. The van der Waals surface area contributed by atoms with Gasteiger partial charge in [0.2, 0.25) is 0 Å². The number of hydrogen-bond donors (Lipinski definition) is 1. The molecular formula is C10H13N3O. The van der Waals surface area contributed by atoms with E-state index < -0.39 is 0 Å². The fraction of sp³-hybridized carbons (Fsp3) is 0.400. The van der Waals surface area contributed by atoms with Gasteiger partial charge in [0, 0.05) is 31.0 Å². The third-order valence-corrected chi connectivity index (χ3v) is 2.24. The lowest BCUT2D eigenvalue weighted by Gasteiger charge is -2.18. The zero-order valence-corrected chi connectivity index (χ0v) is 7.93. The second-order valence-electron chi connectivity index (χ2n) is 3.15. The van der Waals surface area contributed by atoms with E-state index in [0.29, 0.717) is 6.54 Å². The SMILES string of the molecule is OCCN1CCN=C1c1ccncc1. The summed E-state index contributed by atoms with van der Waals surface area (Å²) < 4.78 is 0. The van der Waals surface area contributed by atoms with E-state index in [1.165, 1.54) is 0 Å². The molecule has 74 valence electrons. The van der Waals surface area contributed by atoms with Crippen molar-refractivity contribution in [1.29, 1.82) is 0 Å². The summed E-state index contributed by atoms with van der Waals surface area (Å²) in [5.74, 6) is 0.974. The number of aliphatic imine (C=N–C) groups is 1. The van der Waals surface area contributed by atoms with Gasteiger partial charge in [0.25, 0.3) is 0 Å². The lowest BCUT2D eigenvalue weighted by atomic mass is 10.2. The van der Waals surface area contributed by atoms with E-state index in [9.17, 15) is 0 Å². The molecule has 2 heterocycles. The summed E-state index contributed by atoms with van der Waals surface area (Å²) in [6.07, 6.45) is 3.51. The third kappa shape index (κ3) is 1.75. The summed E-state index contributed by atoms with van der Waals surface area (Å²) in [7, 11) is 0. The Balaban J connectivity index is 2.18. The Morgan fingerprint density at radius 1 is 1.36 bits per heavy atom. The highest BCUT2D eigenvalue weighted by Gasteiger charge is 2.17. The normalized spacial score (nSPS) is 15.8. The minimum atomic E-state index is 0.171. The van der Waals surface area contributed by atoms with Crippen LogP contribution in [0, 0.1) is 0 Å². The predicted octanol–water partition coefficient (Wildman–Crippen LogP) is 0.136. The second kappa shape index (κ2) is 4.19. The number of hydrogen-bond acceptors (Lipinski definition) is 4. The van der Waals surface area contributed by atoms with Crippen LogP contribution in [0.15, 0.2) is 29.5 Å². The number of aliphatic hydroxyl groups excluding tert-OH is 1. The van der Waals surface area contributed by atoms with E-state index >= 15 is 0 Å². The Bertz CT molecular complexity index is 323. The smallest absolute Gasteiger partial charge is 0.131 e. The first-order chi connectivity index (χ1) is 6.92. The van der Waals surface area contributed by atoms with Gasteiger partial charge in [-0.2, -0.15) is 0 Å². The average molecular weight is 191 g/mol. The molecule has 0 fully saturated rings. The maximum atomic E-state index is 8.88. The average Bonchev–Trinajstić information content (AvgIpc) is 2.68. The second-order valence-corrected chi connectivity index (χ2v) is 3.15. The van der Waals surface area contributed by atoms with Crippen LogP contribution in [0.5, 0.6) is 0 Å². The summed E-state index contributed by atoms with van der Waals surface area (Å²) in [4.78, 5) is 10.5. The largest absolute Gasteiger partial charge is 0.395 e. The van der Waals surface area contributed by atoms with Crippen LogP contribution in [0.3, 0.4) is 0 Å². The Morgan fingerprint density at radius 2 is 2.14 bits per heavy atom. The molecule has 1 aliphatic heterocycles. The third-order valence-electron chi connectivity index (χ3n) is 2.24. The van der Waals surface area contributed by atoms with Crippen LogP contribution in [0.2, 0.25) is 0 Å². The van der Waals surface area contributed by atoms with E-state index in [4.69, 9.17) is 5.11 Å². The predicted molar refractivity (Wildman–Crippen MR) is 54.3 cm³/mol. The maximum absolute atomic E-state index is 8.88. The van der Waals surface area contributed by atoms with Crippen molar-refractivity contribution in [2.75, 3.05) is 26.2 Å². The number of β-amino-alcohol motifs (C(OH)–C–C–N with tert-alkyl or cyclic N) is 1. The monoisotopic (exact) mass is 191 g/mol. The van der Waals surface area contributed by atoms with Crippen molar-refractivity contribution in [3.8, 4) is 0 Å². The van der Waals surface area contributed by atoms with E-state index in [0.717, 1.165) is 24.5 Å². The number of amidine groups is 1. The van der Waals surface area contributed by atoms with Gasteiger partial charge < -0.3 is 10.0 Å². The van der Waals surface area contributed by atoms with E-state index in [-0.39, 0.29) is 6.61 Å².